The number of nitrogens with two attached hydrogens (primary N) is 2. The minimum Gasteiger partial charge on any atom is -0.398 e. The molecule has 0 fully saturated rings. The van der Waals surface area contributed by atoms with Crippen LogP contribution in [0.4, 0.5) is 24.5 Å². The van der Waals surface area contributed by atoms with E-state index in [-0.39, 0.29) is 10.7 Å². The quantitative estimate of drug-likeness (QED) is 0.630. The van der Waals surface area contributed by atoms with E-state index in [1.54, 1.807) is 18.2 Å². The Balaban J connectivity index is 0.000000224. The van der Waals surface area contributed by atoms with Crippen LogP contribution in [0.1, 0.15) is 11.1 Å². The molecule has 0 aliphatic rings. The van der Waals surface area contributed by atoms with Gasteiger partial charge in [-0.3, -0.25) is 0 Å². The Bertz CT molecular complexity index is 711. The molecule has 0 bridgehead atoms. The molecule has 22 heavy (non-hydrogen) atoms. The molecule has 2 aromatic rings. The van der Waals surface area contributed by atoms with Crippen LogP contribution in [0, 0.1) is 11.3 Å². The fraction of sp³-hybridized carbons (Fsp3) is 0.0714. The van der Waals surface area contributed by atoms with Crippen LogP contribution in [0.2, 0.25) is 5.02 Å². The lowest BCUT2D eigenvalue weighted by atomic mass is 10.2. The van der Waals surface area contributed by atoms with E-state index in [1.165, 1.54) is 0 Å². The smallest absolute Gasteiger partial charge is 0.398 e. The molecule has 3 nitrogen and oxygen atoms in total. The number of nitrogens with zero attached hydrogens (tertiary/aromatic N) is 1. The van der Waals surface area contributed by atoms with Gasteiger partial charge in [-0.05, 0) is 36.4 Å². The van der Waals surface area contributed by atoms with E-state index < -0.39 is 11.7 Å². The fourth-order valence-electron chi connectivity index (χ4n) is 1.33. The molecule has 0 spiro atoms. The lowest BCUT2D eigenvalue weighted by Crippen LogP contribution is -2.04. The van der Waals surface area contributed by atoms with Crippen molar-refractivity contribution in [2.24, 2.45) is 0 Å². The third-order valence-corrected chi connectivity index (χ3v) is 3.28. The zero-order valence-electron chi connectivity index (χ0n) is 11.0. The van der Waals surface area contributed by atoms with Gasteiger partial charge in [0.05, 0.1) is 21.8 Å². The minimum absolute atomic E-state index is 0.0789. The van der Waals surface area contributed by atoms with E-state index >= 15 is 0 Å². The summed E-state index contributed by atoms with van der Waals surface area (Å²) in [4.78, 5) is 0. The number of anilines is 2. The number of hydrogen-bond acceptors (Lipinski definition) is 3. The van der Waals surface area contributed by atoms with Gasteiger partial charge in [0.1, 0.15) is 6.07 Å². The SMILES string of the molecule is N#Cc1cc(Br)ccc1N.Nc1ccc(C(F)(F)F)cc1Cl. The van der Waals surface area contributed by atoms with Crippen molar-refractivity contribution in [3.63, 3.8) is 0 Å². The molecule has 2 rings (SSSR count). The molecule has 0 unspecified atom stereocenters. The van der Waals surface area contributed by atoms with E-state index in [0.29, 0.717) is 11.3 Å². The third kappa shape index (κ3) is 5.13. The Morgan fingerprint density at radius 2 is 1.64 bits per heavy atom. The van der Waals surface area contributed by atoms with Gasteiger partial charge >= 0.3 is 6.18 Å². The topological polar surface area (TPSA) is 75.8 Å². The monoisotopic (exact) mass is 391 g/mol. The largest absolute Gasteiger partial charge is 0.416 e. The molecule has 0 heterocycles. The molecule has 0 aliphatic heterocycles. The molecule has 0 saturated carbocycles. The predicted octanol–water partition coefficient (Wildman–Crippen LogP) is 4.84. The van der Waals surface area contributed by atoms with Crippen LogP contribution in [0.3, 0.4) is 0 Å². The predicted molar refractivity (Wildman–Crippen MR) is 84.1 cm³/mol. The average molecular weight is 393 g/mol. The first-order valence-electron chi connectivity index (χ1n) is 5.72. The highest BCUT2D eigenvalue weighted by atomic mass is 79.9. The van der Waals surface area contributed by atoms with Crippen molar-refractivity contribution in [2.45, 2.75) is 6.18 Å². The van der Waals surface area contributed by atoms with Crippen LogP contribution in [0.25, 0.3) is 0 Å². The van der Waals surface area contributed by atoms with Crippen LogP contribution in [0.15, 0.2) is 40.9 Å². The number of hydrogen-bond donors (Lipinski definition) is 2. The molecule has 0 aliphatic carbocycles. The Morgan fingerprint density at radius 3 is 2.09 bits per heavy atom. The number of nitrogen functional groups attached to an aromatic ring is 2. The minimum atomic E-state index is -4.36. The first kappa shape index (κ1) is 18.1. The summed E-state index contributed by atoms with van der Waals surface area (Å²) >= 11 is 8.63. The van der Waals surface area contributed by atoms with Gasteiger partial charge < -0.3 is 11.5 Å². The maximum Gasteiger partial charge on any atom is 0.416 e. The van der Waals surface area contributed by atoms with Gasteiger partial charge in [0.15, 0.2) is 0 Å². The van der Waals surface area contributed by atoms with Crippen molar-refractivity contribution in [1.29, 1.82) is 5.26 Å². The maximum absolute atomic E-state index is 12.0. The Hall–Kier alpha value is -1.91. The second-order valence-electron chi connectivity index (χ2n) is 4.08. The van der Waals surface area contributed by atoms with Crippen LogP contribution < -0.4 is 11.5 Å². The lowest BCUT2D eigenvalue weighted by Gasteiger charge is -2.07. The highest BCUT2D eigenvalue weighted by Crippen LogP contribution is 2.32. The van der Waals surface area contributed by atoms with Crippen molar-refractivity contribution >= 4 is 38.9 Å². The van der Waals surface area contributed by atoms with E-state index in [0.717, 1.165) is 22.7 Å². The van der Waals surface area contributed by atoms with Crippen molar-refractivity contribution in [3.8, 4) is 6.07 Å². The van der Waals surface area contributed by atoms with Crippen LogP contribution in [0.5, 0.6) is 0 Å². The van der Waals surface area contributed by atoms with Crippen molar-refractivity contribution < 1.29 is 13.2 Å². The lowest BCUT2D eigenvalue weighted by molar-refractivity contribution is -0.137. The summed E-state index contributed by atoms with van der Waals surface area (Å²) < 4.78 is 36.9. The molecule has 2 aromatic carbocycles. The highest BCUT2D eigenvalue weighted by Gasteiger charge is 2.30. The molecule has 4 N–H and O–H groups in total. The second-order valence-corrected chi connectivity index (χ2v) is 5.40. The van der Waals surface area contributed by atoms with E-state index in [2.05, 4.69) is 15.9 Å². The molecule has 0 saturated heterocycles. The first-order chi connectivity index (χ1) is 10.1. The summed E-state index contributed by atoms with van der Waals surface area (Å²) in [7, 11) is 0. The van der Waals surface area contributed by atoms with Crippen molar-refractivity contribution in [1.82, 2.24) is 0 Å². The number of alkyl halides is 3. The standard InChI is InChI=1S/C7H5BrN2.C7H5ClF3N/c8-6-1-2-7(10)5(3-6)4-9;8-5-3-4(7(9,10)11)1-2-6(5)12/h1-3H,10H2;1-3H,12H2. The number of nitriles is 1. The van der Waals surface area contributed by atoms with Crippen LogP contribution in [-0.4, -0.2) is 0 Å². The van der Waals surface area contributed by atoms with Crippen molar-refractivity contribution in [2.75, 3.05) is 11.5 Å². The van der Waals surface area contributed by atoms with Crippen LogP contribution >= 0.6 is 27.5 Å². The van der Waals surface area contributed by atoms with E-state index in [9.17, 15) is 13.2 Å². The van der Waals surface area contributed by atoms with Gasteiger partial charge in [-0.15, -0.1) is 0 Å². The summed E-state index contributed by atoms with van der Waals surface area (Å²) in [5.74, 6) is 0. The average Bonchev–Trinajstić information content (AvgIpc) is 2.44. The summed E-state index contributed by atoms with van der Waals surface area (Å²) in [6.45, 7) is 0. The molecule has 8 heteroatoms. The normalized spacial score (nSPS) is 10.4. The van der Waals surface area contributed by atoms with Gasteiger partial charge in [-0.1, -0.05) is 27.5 Å². The summed E-state index contributed by atoms with van der Waals surface area (Å²) in [5, 5.41) is 8.41. The zero-order valence-corrected chi connectivity index (χ0v) is 13.3. The Labute approximate surface area is 138 Å². The summed E-state index contributed by atoms with van der Waals surface area (Å²) in [5.41, 5.74) is 11.1. The first-order valence-corrected chi connectivity index (χ1v) is 6.89. The van der Waals surface area contributed by atoms with Gasteiger partial charge in [-0.25, -0.2) is 0 Å². The van der Waals surface area contributed by atoms with Gasteiger partial charge in [0, 0.05) is 10.2 Å². The molecular weight excluding hydrogens is 383 g/mol. The summed E-state index contributed by atoms with van der Waals surface area (Å²) in [6, 6.07) is 9.99. The molecule has 0 atom stereocenters. The number of rotatable bonds is 0. The van der Waals surface area contributed by atoms with E-state index in [4.69, 9.17) is 28.3 Å². The summed E-state index contributed by atoms with van der Waals surface area (Å²) in [6.07, 6.45) is -4.36. The highest BCUT2D eigenvalue weighted by molar-refractivity contribution is 9.10. The van der Waals surface area contributed by atoms with Crippen molar-refractivity contribution in [3.05, 3.63) is 57.0 Å². The second kappa shape index (κ2) is 7.38. The van der Waals surface area contributed by atoms with Crippen LogP contribution in [-0.2, 0) is 6.18 Å². The third-order valence-electron chi connectivity index (χ3n) is 2.46. The molecular formula is C14H10BrClF3N3. The van der Waals surface area contributed by atoms with Gasteiger partial charge in [-0.2, -0.15) is 18.4 Å². The Morgan fingerprint density at radius 1 is 1.05 bits per heavy atom. The molecule has 0 radical (unpaired) electrons. The number of benzene rings is 2. The maximum atomic E-state index is 12.0. The fourth-order valence-corrected chi connectivity index (χ4v) is 1.87. The van der Waals surface area contributed by atoms with Gasteiger partial charge in [0.2, 0.25) is 0 Å². The van der Waals surface area contributed by atoms with Gasteiger partial charge in [0.25, 0.3) is 0 Å². The number of halogens is 5. The molecule has 0 amide bonds. The zero-order chi connectivity index (χ0) is 16.9. The molecule has 116 valence electrons. The van der Waals surface area contributed by atoms with E-state index in [1.807, 2.05) is 6.07 Å². The Kier molecular flexibility index (Phi) is 6.09. The molecule has 0 aromatic heterocycles.